The second kappa shape index (κ2) is 7.07. The van der Waals surface area contributed by atoms with Crippen LogP contribution in [0.4, 0.5) is 4.39 Å². The third-order valence-electron chi connectivity index (χ3n) is 5.84. The molecule has 1 heterocycles. The van der Waals surface area contributed by atoms with Crippen molar-refractivity contribution in [2.75, 3.05) is 0 Å². The van der Waals surface area contributed by atoms with Gasteiger partial charge in [0.2, 0.25) is 16.7 Å². The number of aryl methyl sites for hydroxylation is 3. The van der Waals surface area contributed by atoms with E-state index >= 15 is 0 Å². The van der Waals surface area contributed by atoms with Gasteiger partial charge in [-0.2, -0.15) is 4.57 Å². The van der Waals surface area contributed by atoms with Crippen LogP contribution in [-0.2, 0) is 0 Å². The quantitative estimate of drug-likeness (QED) is 0.225. The first-order valence-electron chi connectivity index (χ1n) is 10.2. The SMILES string of the molecule is Cc1cc(C)c(-c2c3ccccc3[n+](-c3ccc(F)cc3)c3ccccc23)c(C)c1. The van der Waals surface area contributed by atoms with Gasteiger partial charge in [0.05, 0.1) is 10.8 Å². The summed E-state index contributed by atoms with van der Waals surface area (Å²) in [6, 6.07) is 28.2. The van der Waals surface area contributed by atoms with Crippen LogP contribution < -0.4 is 4.57 Å². The Balaban J connectivity index is 2.00. The number of benzene rings is 4. The van der Waals surface area contributed by atoms with Gasteiger partial charge in [0.1, 0.15) is 5.82 Å². The van der Waals surface area contributed by atoms with Crippen molar-refractivity contribution in [3.8, 4) is 16.8 Å². The zero-order valence-electron chi connectivity index (χ0n) is 17.4. The van der Waals surface area contributed by atoms with Gasteiger partial charge in [-0.3, -0.25) is 0 Å². The number of hydrogen-bond acceptors (Lipinski definition) is 0. The molecule has 0 saturated carbocycles. The van der Waals surface area contributed by atoms with Gasteiger partial charge in [-0.1, -0.05) is 42.0 Å². The van der Waals surface area contributed by atoms with Crippen LogP contribution in [0.15, 0.2) is 84.9 Å². The van der Waals surface area contributed by atoms with Crippen LogP contribution in [0.5, 0.6) is 0 Å². The number of rotatable bonds is 2. The summed E-state index contributed by atoms with van der Waals surface area (Å²) in [5.74, 6) is -0.226. The fourth-order valence-corrected chi connectivity index (χ4v) is 4.75. The van der Waals surface area contributed by atoms with Gasteiger partial charge < -0.3 is 0 Å². The summed E-state index contributed by atoms with van der Waals surface area (Å²) in [6.07, 6.45) is 0. The Bertz CT molecular complexity index is 1330. The zero-order chi connectivity index (χ0) is 20.8. The molecule has 0 radical (unpaired) electrons. The van der Waals surface area contributed by atoms with Crippen LogP contribution in [0.1, 0.15) is 16.7 Å². The second-order valence-electron chi connectivity index (χ2n) is 7.99. The summed E-state index contributed by atoms with van der Waals surface area (Å²) in [5, 5.41) is 2.38. The van der Waals surface area contributed by atoms with Crippen molar-refractivity contribution in [2.24, 2.45) is 0 Å². The molecule has 146 valence electrons. The van der Waals surface area contributed by atoms with Crippen molar-refractivity contribution >= 4 is 21.8 Å². The molecular weight excluding hydrogens is 369 g/mol. The predicted molar refractivity (Wildman–Crippen MR) is 123 cm³/mol. The average molecular weight is 392 g/mol. The maximum atomic E-state index is 13.6. The molecule has 30 heavy (non-hydrogen) atoms. The van der Waals surface area contributed by atoms with Crippen molar-refractivity contribution in [2.45, 2.75) is 20.8 Å². The number of pyridine rings is 1. The van der Waals surface area contributed by atoms with E-state index in [-0.39, 0.29) is 5.82 Å². The number of nitrogens with zero attached hydrogens (tertiary/aromatic N) is 1. The predicted octanol–water partition coefficient (Wildman–Crippen LogP) is 7.00. The van der Waals surface area contributed by atoms with E-state index in [4.69, 9.17) is 0 Å². The molecule has 1 nitrogen and oxygen atoms in total. The number of fused-ring (bicyclic) bond motifs is 2. The minimum absolute atomic E-state index is 0.226. The lowest BCUT2D eigenvalue weighted by Crippen LogP contribution is -2.33. The summed E-state index contributed by atoms with van der Waals surface area (Å²) >= 11 is 0. The van der Waals surface area contributed by atoms with E-state index in [1.807, 2.05) is 12.1 Å². The molecule has 0 bridgehead atoms. The van der Waals surface area contributed by atoms with E-state index in [2.05, 4.69) is 86.0 Å². The molecule has 5 aromatic rings. The van der Waals surface area contributed by atoms with Crippen LogP contribution in [0.25, 0.3) is 38.6 Å². The van der Waals surface area contributed by atoms with Crippen molar-refractivity contribution in [1.29, 1.82) is 0 Å². The Hall–Kier alpha value is -3.52. The number of para-hydroxylation sites is 2. The smallest absolute Gasteiger partial charge is 0.207 e. The van der Waals surface area contributed by atoms with Crippen molar-refractivity contribution in [1.82, 2.24) is 0 Å². The lowest BCUT2D eigenvalue weighted by molar-refractivity contribution is -0.538. The van der Waals surface area contributed by atoms with E-state index in [0.717, 1.165) is 16.7 Å². The highest BCUT2D eigenvalue weighted by Crippen LogP contribution is 2.38. The normalized spacial score (nSPS) is 11.3. The third kappa shape index (κ3) is 2.88. The first-order chi connectivity index (χ1) is 14.5. The minimum Gasteiger partial charge on any atom is -0.207 e. The maximum absolute atomic E-state index is 13.6. The summed E-state index contributed by atoms with van der Waals surface area (Å²) < 4.78 is 15.9. The third-order valence-corrected chi connectivity index (χ3v) is 5.84. The second-order valence-corrected chi connectivity index (χ2v) is 7.99. The van der Waals surface area contributed by atoms with Crippen molar-refractivity contribution in [3.05, 3.63) is 107 Å². The monoisotopic (exact) mass is 392 g/mol. The average Bonchev–Trinajstić information content (AvgIpc) is 2.73. The Kier molecular flexibility index (Phi) is 4.36. The Morgan fingerprint density at radius 1 is 0.600 bits per heavy atom. The van der Waals surface area contributed by atoms with Crippen LogP contribution >= 0.6 is 0 Å². The highest BCUT2D eigenvalue weighted by Gasteiger charge is 2.24. The van der Waals surface area contributed by atoms with Crippen molar-refractivity contribution in [3.63, 3.8) is 0 Å². The number of halogens is 1. The Labute approximate surface area is 176 Å². The van der Waals surface area contributed by atoms with E-state index in [1.165, 1.54) is 50.7 Å². The van der Waals surface area contributed by atoms with Gasteiger partial charge in [-0.25, -0.2) is 4.39 Å². The molecule has 0 atom stereocenters. The molecule has 0 amide bonds. The van der Waals surface area contributed by atoms with Gasteiger partial charge >= 0.3 is 0 Å². The fraction of sp³-hybridized carbons (Fsp3) is 0.107. The summed E-state index contributed by atoms with van der Waals surface area (Å²) in [4.78, 5) is 0. The zero-order valence-corrected chi connectivity index (χ0v) is 17.4. The molecule has 0 saturated heterocycles. The standard InChI is InChI=1S/C28H23FN/c1-18-16-19(2)27(20(3)17-18)28-23-8-4-6-10-25(23)30(22-14-12-21(29)13-15-22)26-11-7-5-9-24(26)28/h4-17H,1-3H3/q+1. The largest absolute Gasteiger partial charge is 0.219 e. The molecule has 2 heteroatoms. The van der Waals surface area contributed by atoms with E-state index in [9.17, 15) is 4.39 Å². The van der Waals surface area contributed by atoms with Crippen LogP contribution in [0.2, 0.25) is 0 Å². The van der Waals surface area contributed by atoms with Crippen LogP contribution in [-0.4, -0.2) is 0 Å². The van der Waals surface area contributed by atoms with Crippen LogP contribution in [0.3, 0.4) is 0 Å². The van der Waals surface area contributed by atoms with Gasteiger partial charge in [0.15, 0.2) is 0 Å². The lowest BCUT2D eigenvalue weighted by atomic mass is 9.89. The van der Waals surface area contributed by atoms with Crippen molar-refractivity contribution < 1.29 is 8.96 Å². The first kappa shape index (κ1) is 18.5. The molecule has 0 N–H and O–H groups in total. The molecule has 0 aliphatic carbocycles. The number of hydrogen-bond donors (Lipinski definition) is 0. The Morgan fingerprint density at radius 3 is 1.63 bits per heavy atom. The summed E-state index contributed by atoms with van der Waals surface area (Å²) in [5.41, 5.74) is 9.56. The number of aromatic nitrogens is 1. The van der Waals surface area contributed by atoms with Gasteiger partial charge in [-0.05, 0) is 61.7 Å². The molecule has 5 rings (SSSR count). The summed E-state index contributed by atoms with van der Waals surface area (Å²) in [6.45, 7) is 6.54. The van der Waals surface area contributed by atoms with E-state index in [1.54, 1.807) is 0 Å². The first-order valence-corrected chi connectivity index (χ1v) is 10.2. The minimum atomic E-state index is -0.226. The molecule has 0 aliphatic heterocycles. The summed E-state index contributed by atoms with van der Waals surface area (Å²) in [7, 11) is 0. The highest BCUT2D eigenvalue weighted by molar-refractivity contribution is 6.08. The molecule has 0 spiro atoms. The van der Waals surface area contributed by atoms with E-state index in [0.29, 0.717) is 0 Å². The van der Waals surface area contributed by atoms with Gasteiger partial charge in [-0.15, -0.1) is 0 Å². The van der Waals surface area contributed by atoms with Crippen LogP contribution in [0, 0.1) is 26.6 Å². The molecular formula is C28H23FN+. The molecule has 0 fully saturated rings. The topological polar surface area (TPSA) is 3.88 Å². The fourth-order valence-electron chi connectivity index (χ4n) is 4.75. The Morgan fingerprint density at radius 2 is 1.10 bits per heavy atom. The van der Waals surface area contributed by atoms with Gasteiger partial charge in [0, 0.05) is 29.8 Å². The van der Waals surface area contributed by atoms with E-state index < -0.39 is 0 Å². The maximum Gasteiger partial charge on any atom is 0.219 e. The lowest BCUT2D eigenvalue weighted by Gasteiger charge is -2.16. The molecule has 0 unspecified atom stereocenters. The molecule has 1 aromatic heterocycles. The van der Waals surface area contributed by atoms with Gasteiger partial charge in [0.25, 0.3) is 0 Å². The molecule has 4 aromatic carbocycles. The highest BCUT2D eigenvalue weighted by atomic mass is 19.1. The molecule has 0 aliphatic rings.